The van der Waals surface area contributed by atoms with Crippen molar-refractivity contribution in [1.29, 1.82) is 0 Å². The molecule has 0 N–H and O–H groups in total. The van der Waals surface area contributed by atoms with Gasteiger partial charge in [-0.1, -0.05) is 43.4 Å². The van der Waals surface area contributed by atoms with Crippen molar-refractivity contribution >= 4 is 5.78 Å². The summed E-state index contributed by atoms with van der Waals surface area (Å²) in [7, 11) is 1.50. The monoisotopic (exact) mass is 302 g/mol. The fraction of sp³-hybridized carbons (Fsp3) is 0.421. The summed E-state index contributed by atoms with van der Waals surface area (Å²) in [6.45, 7) is 11.8. The highest BCUT2D eigenvalue weighted by Gasteiger charge is 2.45. The predicted molar refractivity (Wildman–Crippen MR) is 90.5 cm³/mol. The Kier molecular flexibility index (Phi) is 6.72. The van der Waals surface area contributed by atoms with Gasteiger partial charge < -0.3 is 9.47 Å². The van der Waals surface area contributed by atoms with Gasteiger partial charge in [-0.15, -0.1) is 6.58 Å². The van der Waals surface area contributed by atoms with Gasteiger partial charge in [0.2, 0.25) is 5.78 Å². The maximum atomic E-state index is 12.9. The molecule has 120 valence electrons. The van der Waals surface area contributed by atoms with Crippen LogP contribution in [0.3, 0.4) is 0 Å². The van der Waals surface area contributed by atoms with Crippen molar-refractivity contribution in [2.75, 3.05) is 13.7 Å². The average Bonchev–Trinajstić information content (AvgIpc) is 2.52. The summed E-state index contributed by atoms with van der Waals surface area (Å²) in [6, 6.07) is 0. The lowest BCUT2D eigenvalue weighted by atomic mass is 9.85. The summed E-state index contributed by atoms with van der Waals surface area (Å²) < 4.78 is 11.4. The van der Waals surface area contributed by atoms with Gasteiger partial charge in [0.25, 0.3) is 5.79 Å². The van der Waals surface area contributed by atoms with Gasteiger partial charge in [0.05, 0.1) is 6.61 Å². The first-order valence-corrected chi connectivity index (χ1v) is 7.46. The number of ether oxygens (including phenoxy) is 2. The molecule has 0 aliphatic heterocycles. The Balaban J connectivity index is 3.06. The summed E-state index contributed by atoms with van der Waals surface area (Å²) in [5.41, 5.74) is 2.42. The maximum absolute atomic E-state index is 12.9. The van der Waals surface area contributed by atoms with Gasteiger partial charge in [-0.25, -0.2) is 0 Å². The van der Waals surface area contributed by atoms with Crippen LogP contribution in [0.1, 0.15) is 27.7 Å². The van der Waals surface area contributed by atoms with Gasteiger partial charge in [0.15, 0.2) is 0 Å². The van der Waals surface area contributed by atoms with Gasteiger partial charge >= 0.3 is 0 Å². The number of hydrogen-bond donors (Lipinski definition) is 0. The third kappa shape index (κ3) is 3.73. The largest absolute Gasteiger partial charge is 0.343 e. The van der Waals surface area contributed by atoms with E-state index in [4.69, 9.17) is 9.47 Å². The van der Waals surface area contributed by atoms with E-state index in [9.17, 15) is 4.79 Å². The lowest BCUT2D eigenvalue weighted by Crippen LogP contribution is -2.48. The standard InChI is InChI=1S/C19H26O3/c1-7-9-10-14(3)13-22-19(21-6)16(5)11-12-17(18(19)20)15(4)8-2/h7-12,15H,2,13H2,1,3-6H3/b9-7+,14-10-/t15?,19-/m1/s1. The Morgan fingerprint density at radius 2 is 2.14 bits per heavy atom. The van der Waals surface area contributed by atoms with Gasteiger partial charge in [0, 0.05) is 18.6 Å². The molecule has 3 heteroatoms. The molecule has 0 aromatic heterocycles. The van der Waals surface area contributed by atoms with Crippen LogP contribution in [0.4, 0.5) is 0 Å². The Hall–Kier alpha value is -1.71. The van der Waals surface area contributed by atoms with Crippen LogP contribution in [-0.2, 0) is 14.3 Å². The van der Waals surface area contributed by atoms with Gasteiger partial charge in [-0.05, 0) is 31.9 Å². The van der Waals surface area contributed by atoms with Crippen LogP contribution >= 0.6 is 0 Å². The normalized spacial score (nSPS) is 24.2. The average molecular weight is 302 g/mol. The smallest absolute Gasteiger partial charge is 0.256 e. The zero-order chi connectivity index (χ0) is 16.8. The molecule has 0 saturated heterocycles. The van der Waals surface area contributed by atoms with Crippen molar-refractivity contribution in [2.45, 2.75) is 33.5 Å². The second kappa shape index (κ2) is 8.06. The Bertz CT molecular complexity index is 549. The Labute approximate surface area is 133 Å². The van der Waals surface area contributed by atoms with Crippen molar-refractivity contribution in [3.63, 3.8) is 0 Å². The first kappa shape index (κ1) is 18.3. The number of methoxy groups -OCH3 is 1. The highest BCUT2D eigenvalue weighted by Crippen LogP contribution is 2.34. The minimum Gasteiger partial charge on any atom is -0.343 e. The van der Waals surface area contributed by atoms with Crippen LogP contribution in [0.5, 0.6) is 0 Å². The number of hydrogen-bond acceptors (Lipinski definition) is 3. The van der Waals surface area contributed by atoms with Crippen molar-refractivity contribution in [2.24, 2.45) is 5.92 Å². The Morgan fingerprint density at radius 1 is 1.45 bits per heavy atom. The Morgan fingerprint density at radius 3 is 2.68 bits per heavy atom. The molecule has 1 aliphatic carbocycles. The molecule has 0 radical (unpaired) electrons. The van der Waals surface area contributed by atoms with E-state index in [0.717, 1.165) is 11.1 Å². The van der Waals surface area contributed by atoms with E-state index in [1.807, 2.05) is 58.1 Å². The van der Waals surface area contributed by atoms with E-state index < -0.39 is 5.79 Å². The molecule has 0 aromatic rings. The number of carbonyl (C=O) groups excluding carboxylic acids is 1. The molecule has 0 spiro atoms. The molecule has 1 unspecified atom stereocenters. The number of allylic oxidation sites excluding steroid dienone is 6. The molecule has 2 atom stereocenters. The first-order chi connectivity index (χ1) is 10.4. The summed E-state index contributed by atoms with van der Waals surface area (Å²) >= 11 is 0. The molecule has 22 heavy (non-hydrogen) atoms. The topological polar surface area (TPSA) is 35.5 Å². The van der Waals surface area contributed by atoms with E-state index in [-0.39, 0.29) is 11.7 Å². The van der Waals surface area contributed by atoms with Gasteiger partial charge in [0.1, 0.15) is 0 Å². The van der Waals surface area contributed by atoms with Crippen molar-refractivity contribution in [3.05, 3.63) is 59.8 Å². The van der Waals surface area contributed by atoms with Crippen LogP contribution in [0, 0.1) is 5.92 Å². The second-order valence-corrected chi connectivity index (χ2v) is 5.47. The van der Waals surface area contributed by atoms with Crippen molar-refractivity contribution in [1.82, 2.24) is 0 Å². The number of Topliss-reactive ketones (excluding diaryl/α,β-unsaturated/α-hetero) is 1. The molecule has 3 nitrogen and oxygen atoms in total. The lowest BCUT2D eigenvalue weighted by Gasteiger charge is -2.35. The number of ketones is 1. The summed E-state index contributed by atoms with van der Waals surface area (Å²) in [6.07, 6.45) is 11.3. The van der Waals surface area contributed by atoms with E-state index >= 15 is 0 Å². The minimum absolute atomic E-state index is 0.0466. The number of rotatable bonds is 7. The van der Waals surface area contributed by atoms with Gasteiger partial charge in [-0.2, -0.15) is 0 Å². The lowest BCUT2D eigenvalue weighted by molar-refractivity contribution is -0.194. The zero-order valence-corrected chi connectivity index (χ0v) is 14.2. The SMILES string of the molecule is C=CC(C)C1=CC=C(C)[C@@](OC)(OC/C(C)=C\C=C\C)C1=O. The van der Waals surface area contributed by atoms with Crippen molar-refractivity contribution < 1.29 is 14.3 Å². The molecular formula is C19H26O3. The molecule has 0 saturated carbocycles. The fourth-order valence-electron chi connectivity index (χ4n) is 2.27. The first-order valence-electron chi connectivity index (χ1n) is 7.46. The maximum Gasteiger partial charge on any atom is 0.256 e. The number of carbonyl (C=O) groups is 1. The van der Waals surface area contributed by atoms with Crippen molar-refractivity contribution in [3.8, 4) is 0 Å². The molecule has 0 heterocycles. The molecule has 1 aliphatic rings. The van der Waals surface area contributed by atoms with Crippen LogP contribution in [0.25, 0.3) is 0 Å². The van der Waals surface area contributed by atoms with Crippen LogP contribution in [-0.4, -0.2) is 25.3 Å². The zero-order valence-electron chi connectivity index (χ0n) is 14.2. The molecule has 0 aromatic carbocycles. The summed E-state index contributed by atoms with van der Waals surface area (Å²) in [5.74, 6) is -1.54. The van der Waals surface area contributed by atoms with Crippen LogP contribution < -0.4 is 0 Å². The predicted octanol–water partition coefficient (Wildman–Crippen LogP) is 4.15. The van der Waals surface area contributed by atoms with E-state index in [1.165, 1.54) is 7.11 Å². The van der Waals surface area contributed by atoms with E-state index in [2.05, 4.69) is 6.58 Å². The highest BCUT2D eigenvalue weighted by molar-refractivity contribution is 6.05. The molecule has 1 rings (SSSR count). The molecule has 0 amide bonds. The van der Waals surface area contributed by atoms with Crippen LogP contribution in [0.15, 0.2) is 59.8 Å². The van der Waals surface area contributed by atoms with E-state index in [1.54, 1.807) is 6.08 Å². The fourth-order valence-corrected chi connectivity index (χ4v) is 2.27. The third-order valence-corrected chi connectivity index (χ3v) is 3.80. The third-order valence-electron chi connectivity index (χ3n) is 3.80. The van der Waals surface area contributed by atoms with E-state index in [0.29, 0.717) is 12.2 Å². The van der Waals surface area contributed by atoms with Crippen LogP contribution in [0.2, 0.25) is 0 Å². The quantitative estimate of drug-likeness (QED) is 0.403. The highest BCUT2D eigenvalue weighted by atomic mass is 16.7. The minimum atomic E-state index is -1.34. The second-order valence-electron chi connectivity index (χ2n) is 5.47. The molecule has 0 bridgehead atoms. The molecule has 0 fully saturated rings. The summed E-state index contributed by atoms with van der Waals surface area (Å²) in [4.78, 5) is 12.9. The molecular weight excluding hydrogens is 276 g/mol. The van der Waals surface area contributed by atoms with Gasteiger partial charge in [-0.3, -0.25) is 4.79 Å². The summed E-state index contributed by atoms with van der Waals surface area (Å²) in [5, 5.41) is 0.